The van der Waals surface area contributed by atoms with Gasteiger partial charge in [0.15, 0.2) is 0 Å². The third-order valence-electron chi connectivity index (χ3n) is 5.42. The number of benzene rings is 2. The number of hydrogen-bond acceptors (Lipinski definition) is 5. The summed E-state index contributed by atoms with van der Waals surface area (Å²) in [5.41, 5.74) is 2.57. The SMILES string of the molecule is CC(C)N(CCC(c1ccccc1)c1cc(CO)ccc1OC(=O)NCC(=O)O)C(C)C. The van der Waals surface area contributed by atoms with Gasteiger partial charge < -0.3 is 20.3 Å². The summed E-state index contributed by atoms with van der Waals surface area (Å²) in [6.07, 6.45) is -0.0503. The molecule has 0 radical (unpaired) electrons. The molecule has 0 aliphatic carbocycles. The lowest BCUT2D eigenvalue weighted by atomic mass is 9.86. The van der Waals surface area contributed by atoms with Crippen LogP contribution in [0.15, 0.2) is 48.5 Å². The average molecular weight is 443 g/mol. The maximum absolute atomic E-state index is 12.2. The zero-order valence-corrected chi connectivity index (χ0v) is 19.2. The molecule has 0 aliphatic heterocycles. The Bertz CT molecular complexity index is 875. The summed E-state index contributed by atoms with van der Waals surface area (Å²) in [6, 6.07) is 15.9. The standard InChI is InChI=1S/C25H34N2O5/c1-17(2)27(18(3)4)13-12-21(20-8-6-5-7-9-20)22-14-19(16-28)10-11-23(22)32-25(31)26-15-24(29)30/h5-11,14,17-18,21,28H,12-13,15-16H2,1-4H3,(H,26,31)(H,29,30). The molecule has 174 valence electrons. The molecule has 0 bridgehead atoms. The number of carbonyl (C=O) groups excluding carboxylic acids is 1. The third kappa shape index (κ3) is 7.35. The van der Waals surface area contributed by atoms with Crippen molar-refractivity contribution in [2.75, 3.05) is 13.1 Å². The second kappa shape index (κ2) is 12.2. The number of aliphatic hydroxyl groups excluding tert-OH is 1. The highest BCUT2D eigenvalue weighted by molar-refractivity contribution is 5.78. The third-order valence-corrected chi connectivity index (χ3v) is 5.42. The fourth-order valence-electron chi connectivity index (χ4n) is 3.92. The van der Waals surface area contributed by atoms with Crippen LogP contribution in [-0.2, 0) is 11.4 Å². The quantitative estimate of drug-likeness (QED) is 0.487. The molecule has 1 atom stereocenters. The predicted octanol–water partition coefficient (Wildman–Crippen LogP) is 3.99. The lowest BCUT2D eigenvalue weighted by Gasteiger charge is -2.32. The Morgan fingerprint density at radius 2 is 1.69 bits per heavy atom. The number of rotatable bonds is 11. The number of nitrogens with one attached hydrogen (secondary N) is 1. The highest BCUT2D eigenvalue weighted by Crippen LogP contribution is 2.36. The van der Waals surface area contributed by atoms with Gasteiger partial charge in [-0.1, -0.05) is 36.4 Å². The Kier molecular flexibility index (Phi) is 9.68. The molecule has 0 saturated heterocycles. The van der Waals surface area contributed by atoms with Crippen molar-refractivity contribution in [1.29, 1.82) is 0 Å². The maximum atomic E-state index is 12.2. The van der Waals surface area contributed by atoms with Crippen molar-refractivity contribution in [2.24, 2.45) is 0 Å². The average Bonchev–Trinajstić information content (AvgIpc) is 2.76. The summed E-state index contributed by atoms with van der Waals surface area (Å²) in [5.74, 6) is -0.882. The van der Waals surface area contributed by atoms with E-state index in [1.807, 2.05) is 36.4 Å². The number of carbonyl (C=O) groups is 2. The molecule has 0 spiro atoms. The highest BCUT2D eigenvalue weighted by atomic mass is 16.6. The molecule has 2 rings (SSSR count). The summed E-state index contributed by atoms with van der Waals surface area (Å²) in [5, 5.41) is 20.7. The van der Waals surface area contributed by atoms with E-state index in [-0.39, 0.29) is 12.5 Å². The van der Waals surface area contributed by atoms with Crippen LogP contribution in [0, 0.1) is 0 Å². The van der Waals surface area contributed by atoms with Crippen molar-refractivity contribution in [1.82, 2.24) is 10.2 Å². The van der Waals surface area contributed by atoms with Gasteiger partial charge >= 0.3 is 12.1 Å². The molecule has 7 nitrogen and oxygen atoms in total. The molecule has 1 unspecified atom stereocenters. The second-order valence-electron chi connectivity index (χ2n) is 8.34. The van der Waals surface area contributed by atoms with Crippen LogP contribution >= 0.6 is 0 Å². The minimum atomic E-state index is -1.15. The molecule has 2 aromatic rings. The molecule has 32 heavy (non-hydrogen) atoms. The number of carboxylic acid groups (broad SMARTS) is 1. The van der Waals surface area contributed by atoms with E-state index in [1.165, 1.54) is 0 Å². The number of aliphatic hydroxyl groups is 1. The first-order valence-electron chi connectivity index (χ1n) is 10.9. The van der Waals surface area contributed by atoms with Gasteiger partial charge in [0.1, 0.15) is 12.3 Å². The zero-order chi connectivity index (χ0) is 23.7. The van der Waals surface area contributed by atoms with Crippen molar-refractivity contribution in [3.05, 3.63) is 65.2 Å². The van der Waals surface area contributed by atoms with Crippen molar-refractivity contribution >= 4 is 12.1 Å². The van der Waals surface area contributed by atoms with Gasteiger partial charge in [-0.25, -0.2) is 4.79 Å². The lowest BCUT2D eigenvalue weighted by Crippen LogP contribution is -2.38. The second-order valence-corrected chi connectivity index (χ2v) is 8.34. The van der Waals surface area contributed by atoms with Crippen LogP contribution < -0.4 is 10.1 Å². The van der Waals surface area contributed by atoms with Crippen LogP contribution in [0.2, 0.25) is 0 Å². The highest BCUT2D eigenvalue weighted by Gasteiger charge is 2.23. The Morgan fingerprint density at radius 1 is 1.03 bits per heavy atom. The van der Waals surface area contributed by atoms with Crippen LogP contribution in [0.4, 0.5) is 4.79 Å². The molecule has 0 aliphatic rings. The smallest absolute Gasteiger partial charge is 0.413 e. The van der Waals surface area contributed by atoms with Crippen LogP contribution in [0.1, 0.15) is 56.7 Å². The molecule has 1 amide bonds. The number of carboxylic acids is 1. The molecular weight excluding hydrogens is 408 g/mol. The van der Waals surface area contributed by atoms with E-state index in [1.54, 1.807) is 12.1 Å². The first-order valence-corrected chi connectivity index (χ1v) is 10.9. The van der Waals surface area contributed by atoms with Gasteiger partial charge in [-0.2, -0.15) is 0 Å². The topological polar surface area (TPSA) is 99.1 Å². The summed E-state index contributed by atoms with van der Waals surface area (Å²) in [4.78, 5) is 25.3. The van der Waals surface area contributed by atoms with Gasteiger partial charge in [0, 0.05) is 23.6 Å². The van der Waals surface area contributed by atoms with E-state index < -0.39 is 18.6 Å². The number of ether oxygens (including phenoxy) is 1. The molecule has 0 heterocycles. The van der Waals surface area contributed by atoms with E-state index in [9.17, 15) is 14.7 Å². The predicted molar refractivity (Wildman–Crippen MR) is 124 cm³/mol. The van der Waals surface area contributed by atoms with Crippen molar-refractivity contribution in [2.45, 2.75) is 58.7 Å². The molecule has 0 fully saturated rings. The van der Waals surface area contributed by atoms with E-state index in [2.05, 4.69) is 37.9 Å². The Labute approximate surface area is 190 Å². The number of nitrogens with zero attached hydrogens (tertiary/aromatic N) is 1. The normalized spacial score (nSPS) is 12.2. The summed E-state index contributed by atoms with van der Waals surface area (Å²) >= 11 is 0. The fraction of sp³-hybridized carbons (Fsp3) is 0.440. The van der Waals surface area contributed by atoms with Crippen molar-refractivity contribution in [3.8, 4) is 5.75 Å². The largest absolute Gasteiger partial charge is 0.480 e. The molecule has 0 aromatic heterocycles. The number of aliphatic carboxylic acids is 1. The Morgan fingerprint density at radius 3 is 2.25 bits per heavy atom. The summed E-state index contributed by atoms with van der Waals surface area (Å²) < 4.78 is 5.49. The number of hydrogen-bond donors (Lipinski definition) is 3. The monoisotopic (exact) mass is 442 g/mol. The van der Waals surface area contributed by atoms with E-state index >= 15 is 0 Å². The first-order chi connectivity index (χ1) is 15.2. The number of amides is 1. The zero-order valence-electron chi connectivity index (χ0n) is 19.2. The maximum Gasteiger partial charge on any atom is 0.413 e. The lowest BCUT2D eigenvalue weighted by molar-refractivity contribution is -0.135. The van der Waals surface area contributed by atoms with Gasteiger partial charge in [0.25, 0.3) is 0 Å². The Balaban J connectivity index is 2.42. The van der Waals surface area contributed by atoms with E-state index in [0.29, 0.717) is 23.4 Å². The minimum absolute atomic E-state index is 0.0787. The van der Waals surface area contributed by atoms with Crippen molar-refractivity contribution < 1.29 is 24.5 Å². The molecule has 3 N–H and O–H groups in total. The van der Waals surface area contributed by atoms with Gasteiger partial charge in [-0.3, -0.25) is 9.69 Å². The van der Waals surface area contributed by atoms with Crippen molar-refractivity contribution in [3.63, 3.8) is 0 Å². The molecule has 0 saturated carbocycles. The molecule has 7 heteroatoms. The molecule has 2 aromatic carbocycles. The van der Waals surface area contributed by atoms with E-state index in [0.717, 1.165) is 24.1 Å². The van der Waals surface area contributed by atoms with E-state index in [4.69, 9.17) is 9.84 Å². The van der Waals surface area contributed by atoms with Crippen LogP contribution in [0.5, 0.6) is 5.75 Å². The minimum Gasteiger partial charge on any atom is -0.480 e. The van der Waals surface area contributed by atoms with Crippen LogP contribution in [0.25, 0.3) is 0 Å². The Hall–Kier alpha value is -2.90. The van der Waals surface area contributed by atoms with Gasteiger partial charge in [-0.15, -0.1) is 0 Å². The summed E-state index contributed by atoms with van der Waals surface area (Å²) in [6.45, 7) is 8.86. The van der Waals surface area contributed by atoms with Crippen LogP contribution in [-0.4, -0.2) is 52.3 Å². The van der Waals surface area contributed by atoms with Gasteiger partial charge in [0.05, 0.1) is 6.61 Å². The summed E-state index contributed by atoms with van der Waals surface area (Å²) in [7, 11) is 0. The van der Waals surface area contributed by atoms with Gasteiger partial charge in [0.2, 0.25) is 0 Å². The fourth-order valence-corrected chi connectivity index (χ4v) is 3.92. The first kappa shape index (κ1) is 25.4. The van der Waals surface area contributed by atoms with Gasteiger partial charge in [-0.05, 0) is 63.9 Å². The van der Waals surface area contributed by atoms with Crippen LogP contribution in [0.3, 0.4) is 0 Å². The molecular formula is C25H34N2O5.